The van der Waals surface area contributed by atoms with Crippen LogP contribution in [0.25, 0.3) is 0 Å². The Morgan fingerprint density at radius 3 is 2.94 bits per heavy atom. The van der Waals surface area contributed by atoms with Crippen LogP contribution in [0.3, 0.4) is 0 Å². The molecule has 1 aliphatic heterocycles. The molecule has 0 bridgehead atoms. The molecule has 0 aromatic heterocycles. The first-order valence-corrected chi connectivity index (χ1v) is 6.76. The number of aryl methyl sites for hydroxylation is 1. The molecule has 1 aromatic rings. The topological polar surface area (TPSA) is 20.3 Å². The van der Waals surface area contributed by atoms with Gasteiger partial charge in [-0.2, -0.15) is 0 Å². The lowest BCUT2D eigenvalue weighted by Crippen LogP contribution is -2.28. The van der Waals surface area contributed by atoms with E-state index in [1.54, 1.807) is 17.9 Å². The molecule has 1 atom stereocenters. The Bertz CT molecular complexity index is 429. The van der Waals surface area contributed by atoms with E-state index in [0.717, 1.165) is 31.5 Å². The van der Waals surface area contributed by atoms with Gasteiger partial charge in [-0.25, -0.2) is 4.39 Å². The Balaban J connectivity index is 2.08. The molecule has 0 radical (unpaired) electrons. The summed E-state index contributed by atoms with van der Waals surface area (Å²) in [6, 6.07) is 4.47. The minimum absolute atomic E-state index is 0.0744. The van der Waals surface area contributed by atoms with Crippen molar-refractivity contribution in [1.82, 2.24) is 4.90 Å². The minimum Gasteiger partial charge on any atom is -0.338 e. The van der Waals surface area contributed by atoms with Gasteiger partial charge >= 0.3 is 0 Å². The molecule has 1 aliphatic rings. The second-order valence-electron chi connectivity index (χ2n) is 4.90. The molecule has 1 amide bonds. The number of benzene rings is 1. The predicted octanol–water partition coefficient (Wildman–Crippen LogP) is 3.23. The number of amides is 1. The predicted molar refractivity (Wildman–Crippen MR) is 70.5 cm³/mol. The zero-order valence-corrected chi connectivity index (χ0v) is 11.2. The van der Waals surface area contributed by atoms with E-state index >= 15 is 0 Å². The maximum absolute atomic E-state index is 13.3. The lowest BCUT2D eigenvalue weighted by molar-refractivity contribution is 0.0786. The number of halogens is 2. The first-order chi connectivity index (χ1) is 8.60. The SMILES string of the molecule is Cc1cc(F)cc(C(=O)N2CCC(CCCl)C2)c1. The summed E-state index contributed by atoms with van der Waals surface area (Å²) in [5.41, 5.74) is 1.22. The second kappa shape index (κ2) is 5.70. The molecule has 1 saturated heterocycles. The molecule has 1 unspecified atom stereocenters. The first kappa shape index (κ1) is 13.3. The quantitative estimate of drug-likeness (QED) is 0.772. The molecule has 0 spiro atoms. The smallest absolute Gasteiger partial charge is 0.253 e. The van der Waals surface area contributed by atoms with Crippen molar-refractivity contribution in [3.63, 3.8) is 0 Å². The lowest BCUT2D eigenvalue weighted by Gasteiger charge is -2.16. The van der Waals surface area contributed by atoms with E-state index < -0.39 is 0 Å². The van der Waals surface area contributed by atoms with Gasteiger partial charge in [0.2, 0.25) is 0 Å². The molecular weight excluding hydrogens is 253 g/mol. The molecule has 0 aliphatic carbocycles. The van der Waals surface area contributed by atoms with Crippen LogP contribution in [0.15, 0.2) is 18.2 Å². The van der Waals surface area contributed by atoms with Crippen molar-refractivity contribution in [3.05, 3.63) is 35.1 Å². The van der Waals surface area contributed by atoms with Crippen LogP contribution in [0, 0.1) is 18.7 Å². The molecule has 1 heterocycles. The van der Waals surface area contributed by atoms with Crippen LogP contribution in [0.4, 0.5) is 4.39 Å². The van der Waals surface area contributed by atoms with E-state index in [2.05, 4.69) is 0 Å². The highest BCUT2D eigenvalue weighted by Gasteiger charge is 2.26. The number of likely N-dealkylation sites (tertiary alicyclic amines) is 1. The van der Waals surface area contributed by atoms with Crippen molar-refractivity contribution < 1.29 is 9.18 Å². The summed E-state index contributed by atoms with van der Waals surface area (Å²) in [6.45, 7) is 3.28. The van der Waals surface area contributed by atoms with Crippen LogP contribution in [0.1, 0.15) is 28.8 Å². The van der Waals surface area contributed by atoms with Gasteiger partial charge < -0.3 is 4.90 Å². The number of alkyl halides is 1. The van der Waals surface area contributed by atoms with Gasteiger partial charge in [0, 0.05) is 24.5 Å². The molecule has 2 nitrogen and oxygen atoms in total. The highest BCUT2D eigenvalue weighted by Crippen LogP contribution is 2.22. The van der Waals surface area contributed by atoms with Gasteiger partial charge in [0.15, 0.2) is 0 Å². The van der Waals surface area contributed by atoms with E-state index in [1.165, 1.54) is 12.1 Å². The molecule has 0 N–H and O–H groups in total. The van der Waals surface area contributed by atoms with Crippen LogP contribution in [-0.2, 0) is 0 Å². The van der Waals surface area contributed by atoms with Gasteiger partial charge in [-0.05, 0) is 49.4 Å². The van der Waals surface area contributed by atoms with Crippen molar-refractivity contribution in [2.75, 3.05) is 19.0 Å². The average molecular weight is 270 g/mol. The molecule has 18 heavy (non-hydrogen) atoms. The van der Waals surface area contributed by atoms with Crippen LogP contribution in [0.2, 0.25) is 0 Å². The van der Waals surface area contributed by atoms with Gasteiger partial charge in [0.05, 0.1) is 0 Å². The zero-order valence-electron chi connectivity index (χ0n) is 10.5. The van der Waals surface area contributed by atoms with Gasteiger partial charge in [-0.1, -0.05) is 0 Å². The second-order valence-corrected chi connectivity index (χ2v) is 5.28. The largest absolute Gasteiger partial charge is 0.338 e. The molecular formula is C14H17ClFNO. The number of nitrogens with zero attached hydrogens (tertiary/aromatic N) is 1. The van der Waals surface area contributed by atoms with Gasteiger partial charge in [0.1, 0.15) is 5.82 Å². The normalized spacial score (nSPS) is 19.3. The Kier molecular flexibility index (Phi) is 4.23. The van der Waals surface area contributed by atoms with Crippen molar-refractivity contribution in [3.8, 4) is 0 Å². The highest BCUT2D eigenvalue weighted by atomic mass is 35.5. The minimum atomic E-state index is -0.352. The summed E-state index contributed by atoms with van der Waals surface area (Å²) >= 11 is 5.71. The Morgan fingerprint density at radius 1 is 1.50 bits per heavy atom. The van der Waals surface area contributed by atoms with E-state index in [0.29, 0.717) is 17.4 Å². The Morgan fingerprint density at radius 2 is 2.28 bits per heavy atom. The maximum Gasteiger partial charge on any atom is 0.253 e. The summed E-state index contributed by atoms with van der Waals surface area (Å²) in [7, 11) is 0. The molecule has 0 saturated carbocycles. The maximum atomic E-state index is 13.3. The third kappa shape index (κ3) is 3.02. The van der Waals surface area contributed by atoms with Crippen molar-refractivity contribution >= 4 is 17.5 Å². The zero-order chi connectivity index (χ0) is 13.1. The Labute approximate surface area is 112 Å². The Hall–Kier alpha value is -1.09. The molecule has 98 valence electrons. The number of carbonyl (C=O) groups is 1. The molecule has 1 aromatic carbocycles. The van der Waals surface area contributed by atoms with E-state index in [4.69, 9.17) is 11.6 Å². The first-order valence-electron chi connectivity index (χ1n) is 6.22. The monoisotopic (exact) mass is 269 g/mol. The number of hydrogen-bond donors (Lipinski definition) is 0. The van der Waals surface area contributed by atoms with Crippen molar-refractivity contribution in [2.45, 2.75) is 19.8 Å². The number of carbonyl (C=O) groups excluding carboxylic acids is 1. The van der Waals surface area contributed by atoms with E-state index in [-0.39, 0.29) is 11.7 Å². The average Bonchev–Trinajstić information content (AvgIpc) is 2.76. The number of hydrogen-bond acceptors (Lipinski definition) is 1. The molecule has 4 heteroatoms. The summed E-state index contributed by atoms with van der Waals surface area (Å²) < 4.78 is 13.3. The summed E-state index contributed by atoms with van der Waals surface area (Å²) in [4.78, 5) is 14.0. The van der Waals surface area contributed by atoms with Crippen molar-refractivity contribution in [2.24, 2.45) is 5.92 Å². The van der Waals surface area contributed by atoms with Gasteiger partial charge in [0.25, 0.3) is 5.91 Å². The summed E-state index contributed by atoms with van der Waals surface area (Å²) in [5.74, 6) is 0.691. The standard InChI is InChI=1S/C14H17ClFNO/c1-10-6-12(8-13(16)7-10)14(18)17-5-3-11(9-17)2-4-15/h6-8,11H,2-5,9H2,1H3. The fourth-order valence-electron chi connectivity index (χ4n) is 2.45. The summed E-state index contributed by atoms with van der Waals surface area (Å²) in [5, 5.41) is 0. The van der Waals surface area contributed by atoms with Gasteiger partial charge in [-0.3, -0.25) is 4.79 Å². The number of rotatable bonds is 3. The molecule has 2 rings (SSSR count). The highest BCUT2D eigenvalue weighted by molar-refractivity contribution is 6.17. The van der Waals surface area contributed by atoms with Crippen molar-refractivity contribution in [1.29, 1.82) is 0 Å². The molecule has 1 fully saturated rings. The van der Waals surface area contributed by atoms with E-state index in [1.807, 2.05) is 0 Å². The lowest BCUT2D eigenvalue weighted by atomic mass is 10.1. The summed E-state index contributed by atoms with van der Waals surface area (Å²) in [6.07, 6.45) is 1.93. The van der Waals surface area contributed by atoms with Crippen LogP contribution in [0.5, 0.6) is 0 Å². The fraction of sp³-hybridized carbons (Fsp3) is 0.500. The third-order valence-electron chi connectivity index (χ3n) is 3.38. The van der Waals surface area contributed by atoms with Crippen LogP contribution in [-0.4, -0.2) is 29.8 Å². The fourth-order valence-corrected chi connectivity index (χ4v) is 2.76. The van der Waals surface area contributed by atoms with Gasteiger partial charge in [-0.15, -0.1) is 11.6 Å². The van der Waals surface area contributed by atoms with E-state index in [9.17, 15) is 9.18 Å². The third-order valence-corrected chi connectivity index (χ3v) is 3.60. The van der Waals surface area contributed by atoms with Crippen LogP contribution < -0.4 is 0 Å². The van der Waals surface area contributed by atoms with Crippen LogP contribution >= 0.6 is 11.6 Å².